The number of methoxy groups -OCH3 is 1. The standard InChI is InChI=1S/C31H32N4O3S/c1-4-18-32-26(36)19-34-27(37)20-39-30(24-12-8-9-13-25(24)38-3)28-29(22-10-6-5-7-11-22)33-35(31(28)34)23-16-14-21(2)15-17-23/h5-17,30H,4,18-20H2,1-3H3,(H,32,36)/t30-/m0/s1. The molecule has 1 aliphatic rings. The van der Waals surface area contributed by atoms with Gasteiger partial charge in [-0.3, -0.25) is 14.5 Å². The molecule has 4 aromatic rings. The van der Waals surface area contributed by atoms with Crippen LogP contribution in [0.4, 0.5) is 5.82 Å². The van der Waals surface area contributed by atoms with E-state index in [0.717, 1.165) is 45.8 Å². The van der Waals surface area contributed by atoms with Crippen molar-refractivity contribution in [2.24, 2.45) is 0 Å². The number of nitrogens with zero attached hydrogens (tertiary/aromatic N) is 3. The van der Waals surface area contributed by atoms with E-state index in [1.165, 1.54) is 11.8 Å². The predicted molar refractivity (Wildman–Crippen MR) is 157 cm³/mol. The maximum atomic E-state index is 13.8. The fourth-order valence-corrected chi connectivity index (χ4v) is 6.01. The highest BCUT2D eigenvalue weighted by molar-refractivity contribution is 8.00. The lowest BCUT2D eigenvalue weighted by atomic mass is 9.99. The molecule has 0 bridgehead atoms. The van der Waals surface area contributed by atoms with Crippen LogP contribution in [-0.2, 0) is 9.59 Å². The van der Waals surface area contributed by atoms with E-state index in [4.69, 9.17) is 9.84 Å². The van der Waals surface area contributed by atoms with Gasteiger partial charge in [-0.15, -0.1) is 11.8 Å². The molecule has 2 amide bonds. The first-order chi connectivity index (χ1) is 19.0. The summed E-state index contributed by atoms with van der Waals surface area (Å²) in [6.07, 6.45) is 0.816. The smallest absolute Gasteiger partial charge is 0.240 e. The third kappa shape index (κ3) is 5.43. The molecule has 39 heavy (non-hydrogen) atoms. The van der Waals surface area contributed by atoms with Gasteiger partial charge in [-0.05, 0) is 31.5 Å². The molecule has 8 heteroatoms. The highest BCUT2D eigenvalue weighted by Crippen LogP contribution is 2.50. The van der Waals surface area contributed by atoms with E-state index < -0.39 is 0 Å². The van der Waals surface area contributed by atoms with Crippen LogP contribution in [0, 0.1) is 6.92 Å². The Morgan fingerprint density at radius 2 is 1.77 bits per heavy atom. The first-order valence-corrected chi connectivity index (χ1v) is 14.1. The van der Waals surface area contributed by atoms with Crippen molar-refractivity contribution in [3.05, 3.63) is 95.6 Å². The number of para-hydroxylation sites is 1. The highest BCUT2D eigenvalue weighted by Gasteiger charge is 2.38. The van der Waals surface area contributed by atoms with E-state index in [9.17, 15) is 9.59 Å². The molecule has 0 saturated heterocycles. The first-order valence-electron chi connectivity index (χ1n) is 13.1. The minimum absolute atomic E-state index is 0.0865. The van der Waals surface area contributed by atoms with Crippen molar-refractivity contribution >= 4 is 29.4 Å². The van der Waals surface area contributed by atoms with Gasteiger partial charge in [0.2, 0.25) is 11.8 Å². The zero-order valence-corrected chi connectivity index (χ0v) is 23.2. The lowest BCUT2D eigenvalue weighted by Crippen LogP contribution is -2.42. The van der Waals surface area contributed by atoms with E-state index in [-0.39, 0.29) is 29.4 Å². The van der Waals surface area contributed by atoms with E-state index >= 15 is 0 Å². The van der Waals surface area contributed by atoms with Crippen LogP contribution in [0.15, 0.2) is 78.9 Å². The number of anilines is 1. The van der Waals surface area contributed by atoms with Gasteiger partial charge in [0.1, 0.15) is 18.1 Å². The van der Waals surface area contributed by atoms with Crippen LogP contribution < -0.4 is 15.0 Å². The number of carbonyl (C=O) groups excluding carboxylic acids is 2. The van der Waals surface area contributed by atoms with E-state index in [2.05, 4.69) is 5.32 Å². The topological polar surface area (TPSA) is 76.5 Å². The number of carbonyl (C=O) groups is 2. The van der Waals surface area contributed by atoms with E-state index in [1.54, 1.807) is 12.0 Å². The lowest BCUT2D eigenvalue weighted by molar-refractivity contribution is -0.122. The molecule has 7 nitrogen and oxygen atoms in total. The minimum Gasteiger partial charge on any atom is -0.496 e. The molecule has 3 aromatic carbocycles. The molecule has 1 aromatic heterocycles. The van der Waals surface area contributed by atoms with Crippen LogP contribution in [-0.4, -0.2) is 47.5 Å². The van der Waals surface area contributed by atoms with Gasteiger partial charge in [-0.25, -0.2) is 4.68 Å². The van der Waals surface area contributed by atoms with Crippen molar-refractivity contribution in [2.75, 3.05) is 30.9 Å². The molecular formula is C31H32N4O3S. The number of benzene rings is 3. The van der Waals surface area contributed by atoms with Crippen LogP contribution in [0.5, 0.6) is 5.75 Å². The van der Waals surface area contributed by atoms with Crippen molar-refractivity contribution in [2.45, 2.75) is 25.5 Å². The summed E-state index contributed by atoms with van der Waals surface area (Å²) in [4.78, 5) is 28.4. The highest BCUT2D eigenvalue weighted by atomic mass is 32.2. The van der Waals surface area contributed by atoms with Crippen molar-refractivity contribution in [1.82, 2.24) is 15.1 Å². The molecule has 5 rings (SSSR count). The van der Waals surface area contributed by atoms with Gasteiger partial charge in [0.25, 0.3) is 0 Å². The quantitative estimate of drug-likeness (QED) is 0.317. The van der Waals surface area contributed by atoms with Gasteiger partial charge in [-0.1, -0.05) is 73.2 Å². The van der Waals surface area contributed by atoms with Crippen LogP contribution in [0.25, 0.3) is 16.9 Å². The SMILES string of the molecule is CCCNC(=O)CN1C(=O)CS[C@@H](c2ccccc2OC)c2c(-c3ccccc3)nn(-c3ccc(C)cc3)c21. The zero-order chi connectivity index (χ0) is 27.4. The Bertz CT molecular complexity index is 1470. The van der Waals surface area contributed by atoms with Gasteiger partial charge in [-0.2, -0.15) is 5.10 Å². The summed E-state index contributed by atoms with van der Waals surface area (Å²) in [5, 5.41) is 7.80. The summed E-state index contributed by atoms with van der Waals surface area (Å²) in [5.41, 5.74) is 5.47. The Kier molecular flexibility index (Phi) is 8.02. The summed E-state index contributed by atoms with van der Waals surface area (Å²) in [6, 6.07) is 25.9. The molecule has 0 aliphatic carbocycles. The number of nitrogens with one attached hydrogen (secondary N) is 1. The second-order valence-corrected chi connectivity index (χ2v) is 10.6. The Morgan fingerprint density at radius 3 is 2.49 bits per heavy atom. The van der Waals surface area contributed by atoms with E-state index in [1.807, 2.05) is 97.4 Å². The van der Waals surface area contributed by atoms with Gasteiger partial charge in [0.15, 0.2) is 0 Å². The van der Waals surface area contributed by atoms with Crippen molar-refractivity contribution in [3.8, 4) is 22.7 Å². The molecule has 2 heterocycles. The number of ether oxygens (including phenoxy) is 1. The number of amides is 2. The molecule has 0 fully saturated rings. The second kappa shape index (κ2) is 11.8. The number of hydrogen-bond donors (Lipinski definition) is 1. The summed E-state index contributed by atoms with van der Waals surface area (Å²) >= 11 is 1.53. The molecular weight excluding hydrogens is 508 g/mol. The molecule has 1 N–H and O–H groups in total. The predicted octanol–water partition coefficient (Wildman–Crippen LogP) is 5.55. The van der Waals surface area contributed by atoms with Crippen molar-refractivity contribution < 1.29 is 14.3 Å². The normalized spacial score (nSPS) is 15.0. The van der Waals surface area contributed by atoms with Gasteiger partial charge >= 0.3 is 0 Å². The summed E-state index contributed by atoms with van der Waals surface area (Å²) in [6.45, 7) is 4.50. The monoisotopic (exact) mass is 540 g/mol. The van der Waals surface area contributed by atoms with Gasteiger partial charge in [0, 0.05) is 23.2 Å². The maximum absolute atomic E-state index is 13.8. The van der Waals surface area contributed by atoms with Crippen molar-refractivity contribution in [3.63, 3.8) is 0 Å². The Labute approximate surface area is 233 Å². The summed E-state index contributed by atoms with van der Waals surface area (Å²) < 4.78 is 7.58. The number of hydrogen-bond acceptors (Lipinski definition) is 5. The average Bonchev–Trinajstić information content (AvgIpc) is 3.29. The van der Waals surface area contributed by atoms with Crippen LogP contribution in [0.1, 0.15) is 35.3 Å². The molecule has 0 unspecified atom stereocenters. The number of rotatable bonds is 8. The first kappa shape index (κ1) is 26.6. The Morgan fingerprint density at radius 1 is 1.05 bits per heavy atom. The van der Waals surface area contributed by atoms with Crippen molar-refractivity contribution in [1.29, 1.82) is 0 Å². The number of aromatic nitrogens is 2. The Hall–Kier alpha value is -4.04. The van der Waals surface area contributed by atoms with E-state index in [0.29, 0.717) is 12.4 Å². The number of thioether (sulfide) groups is 1. The van der Waals surface area contributed by atoms with Crippen LogP contribution in [0.3, 0.4) is 0 Å². The molecule has 200 valence electrons. The van der Waals surface area contributed by atoms with Crippen LogP contribution >= 0.6 is 11.8 Å². The maximum Gasteiger partial charge on any atom is 0.240 e. The third-order valence-corrected chi connectivity index (χ3v) is 7.95. The molecule has 1 aliphatic heterocycles. The summed E-state index contributed by atoms with van der Waals surface area (Å²) in [5.74, 6) is 1.22. The fourth-order valence-electron chi connectivity index (χ4n) is 4.79. The van der Waals surface area contributed by atoms with Gasteiger partial charge < -0.3 is 10.1 Å². The molecule has 0 radical (unpaired) electrons. The average molecular weight is 541 g/mol. The Balaban J connectivity index is 1.80. The van der Waals surface area contributed by atoms with Crippen LogP contribution in [0.2, 0.25) is 0 Å². The number of fused-ring (bicyclic) bond motifs is 1. The minimum atomic E-state index is -0.252. The second-order valence-electron chi connectivity index (χ2n) is 9.46. The molecule has 1 atom stereocenters. The zero-order valence-electron chi connectivity index (χ0n) is 22.4. The summed E-state index contributed by atoms with van der Waals surface area (Å²) in [7, 11) is 1.66. The fraction of sp³-hybridized carbons (Fsp3) is 0.258. The number of aryl methyl sites for hydroxylation is 1. The largest absolute Gasteiger partial charge is 0.496 e. The van der Waals surface area contributed by atoms with Gasteiger partial charge in [0.05, 0.1) is 29.5 Å². The third-order valence-electron chi connectivity index (χ3n) is 6.71. The molecule has 0 saturated carbocycles. The lowest BCUT2D eigenvalue weighted by Gasteiger charge is -2.23. The molecule has 0 spiro atoms.